The van der Waals surface area contributed by atoms with Crippen molar-refractivity contribution in [3.63, 3.8) is 0 Å². The van der Waals surface area contributed by atoms with E-state index in [1.54, 1.807) is 50.8 Å². The Kier molecular flexibility index (Phi) is 45.7. The third kappa shape index (κ3) is 32.1. The van der Waals surface area contributed by atoms with Gasteiger partial charge in [0.15, 0.2) is 12.6 Å². The zero-order chi connectivity index (χ0) is 91.2. The van der Waals surface area contributed by atoms with Crippen LogP contribution in [0.1, 0.15) is 103 Å². The smallest absolute Gasteiger partial charge is 0.354 e. The van der Waals surface area contributed by atoms with Gasteiger partial charge in [0.2, 0.25) is 0 Å². The van der Waals surface area contributed by atoms with Gasteiger partial charge in [0.1, 0.15) is 11.7 Å². The topological polar surface area (TPSA) is 313 Å². The molecule has 0 spiro atoms. The van der Waals surface area contributed by atoms with Gasteiger partial charge >= 0.3 is 11.9 Å². The first kappa shape index (κ1) is 110. The Morgan fingerprint density at radius 2 is 0.669 bits per heavy atom. The molecule has 17 aromatic rings. The van der Waals surface area contributed by atoms with E-state index < -0.39 is 24.5 Å². The summed E-state index contributed by atoms with van der Waals surface area (Å²) in [4.78, 5) is 59.8. The van der Waals surface area contributed by atoms with Crippen molar-refractivity contribution in [2.24, 2.45) is 0 Å². The van der Waals surface area contributed by atoms with E-state index in [-0.39, 0.29) is 118 Å². The van der Waals surface area contributed by atoms with E-state index >= 15 is 0 Å². The maximum Gasteiger partial charge on any atom is 0.354 e. The third-order valence-corrected chi connectivity index (χ3v) is 20.6. The van der Waals surface area contributed by atoms with Crippen LogP contribution in [0, 0.1) is 79.7 Å². The molecule has 24 heteroatoms. The molecular formula is C109H108Ir4N10O10-4. The second-order valence-corrected chi connectivity index (χ2v) is 30.7. The minimum absolute atomic E-state index is 0. The fraction of sp³-hybridized carbons (Fsp3) is 0.202. The van der Waals surface area contributed by atoms with Crippen LogP contribution in [0.15, 0.2) is 292 Å². The van der Waals surface area contributed by atoms with Crippen LogP contribution in [0.3, 0.4) is 0 Å². The van der Waals surface area contributed by atoms with Gasteiger partial charge in [-0.15, -0.1) is 119 Å². The third-order valence-electron chi connectivity index (χ3n) is 20.6. The van der Waals surface area contributed by atoms with E-state index in [1.807, 2.05) is 79.7 Å². The van der Waals surface area contributed by atoms with Crippen molar-refractivity contribution in [3.05, 3.63) is 367 Å². The van der Waals surface area contributed by atoms with Gasteiger partial charge in [0.25, 0.3) is 0 Å². The molecule has 0 amide bonds. The molecule has 1 aliphatic rings. The van der Waals surface area contributed by atoms with Crippen LogP contribution in [-0.2, 0) is 90.0 Å². The Morgan fingerprint density at radius 3 is 0.857 bits per heavy atom. The molecule has 8 N–H and O–H groups in total. The molecule has 0 bridgehead atoms. The molecule has 5 aromatic heterocycles. The number of ether oxygens (including phenoxy) is 1. The van der Waals surface area contributed by atoms with Crippen molar-refractivity contribution in [2.45, 2.75) is 133 Å². The standard InChI is InChI=1S/4C22H17N2.C6H5NO2.C5H9NO2.C5H12O2.C4H10O4.CH4.4Ir/c4*1-15-14-23-22(16(2)24-15)19-12-10-18(11-13-19)21-9-5-7-17-6-3-4-8-20(17)21;8-6(9)5-3-1-2-4-7-5;7-5(8)4-2-1-3-6-4;1-4(6)3-5(2)7;1-8-4(7)2-3(5)6;;;;;/h4*3-12,14H,1-2H3;1-4H,(H,8,9);4,6H,1-3H2,(H,7,8);4-7H,3H2,1-2H3;3-7H,2H2,1H3;1H4;;;;/q4*-1;;;;;;;;;. The summed E-state index contributed by atoms with van der Waals surface area (Å²) in [7, 11) is 1.28. The maximum absolute atomic E-state index is 10.1. The number of aryl methyl sites for hydroxylation is 8. The van der Waals surface area contributed by atoms with Gasteiger partial charge in [0, 0.05) is 170 Å². The number of methoxy groups -OCH3 is 1. The molecule has 4 unspecified atom stereocenters. The van der Waals surface area contributed by atoms with Crippen LogP contribution >= 0.6 is 0 Å². The van der Waals surface area contributed by atoms with E-state index in [2.05, 4.69) is 298 Å². The van der Waals surface area contributed by atoms with E-state index in [9.17, 15) is 9.59 Å². The number of carboxylic acids is 2. The largest absolute Gasteiger partial charge is 0.480 e. The number of fused-ring (bicyclic) bond motifs is 4. The van der Waals surface area contributed by atoms with Crippen molar-refractivity contribution in [1.82, 2.24) is 50.2 Å². The SMILES string of the molecule is C.CC(O)CC(C)O.COC(O)CC(O)O.Cc1cnc(-c2[c-]cc(-c3cccc4ccccc34)cc2)c(C)n1.Cc1cnc(-c2[c-]cc(-c3cccc4ccccc34)cc2)c(C)n1.Cc1cnc(-c2[c-]cc(-c3cccc4ccccc34)cc2)c(C)n1.Cc1cnc(-c2[c-]cc(-c3cccc4ccccc34)cc2)c(C)n1.O=C(O)C1CCCN1.O=C(O)c1ccccn1.[Ir].[Ir].[Ir].[Ir]. The summed E-state index contributed by atoms with van der Waals surface area (Å²) in [5, 5.41) is 71.5. The van der Waals surface area contributed by atoms with E-state index in [1.165, 1.54) is 84.7 Å². The summed E-state index contributed by atoms with van der Waals surface area (Å²) >= 11 is 0. The molecule has 0 aliphatic carbocycles. The minimum atomic E-state index is -1.50. The van der Waals surface area contributed by atoms with E-state index in [4.69, 9.17) is 35.7 Å². The molecular weight excluding hydrogens is 2380 g/mol. The number of nitrogens with one attached hydrogen (secondary N) is 1. The van der Waals surface area contributed by atoms with Gasteiger partial charge < -0.3 is 65.7 Å². The van der Waals surface area contributed by atoms with E-state index in [0.29, 0.717) is 6.42 Å². The number of aliphatic hydroxyl groups excluding tert-OH is 4. The first-order valence-electron chi connectivity index (χ1n) is 42.0. The average molecular weight is 2490 g/mol. The molecule has 12 aromatic carbocycles. The van der Waals surface area contributed by atoms with Crippen LogP contribution in [0.5, 0.6) is 0 Å². The van der Waals surface area contributed by atoms with Gasteiger partial charge in [-0.25, -0.2) is 9.78 Å². The number of hydrogen-bond acceptors (Lipinski definition) is 18. The Hall–Kier alpha value is -11.6. The summed E-state index contributed by atoms with van der Waals surface area (Å²) in [6.45, 7) is 20.0. The first-order valence-corrected chi connectivity index (χ1v) is 42.0. The maximum atomic E-state index is 10.1. The molecule has 1 saturated heterocycles. The second-order valence-electron chi connectivity index (χ2n) is 30.7. The number of pyridine rings is 1. The average Bonchev–Trinajstić information content (AvgIpc) is 1.81. The van der Waals surface area contributed by atoms with Crippen molar-refractivity contribution in [2.75, 3.05) is 13.7 Å². The molecule has 4 atom stereocenters. The number of benzene rings is 12. The zero-order valence-electron chi connectivity index (χ0n) is 74.8. The predicted molar refractivity (Wildman–Crippen MR) is 515 cm³/mol. The molecule has 133 heavy (non-hydrogen) atoms. The number of hydrogen-bond donors (Lipinski definition) is 8. The van der Waals surface area contributed by atoms with Crippen LogP contribution in [0.2, 0.25) is 0 Å². The van der Waals surface area contributed by atoms with E-state index in [0.717, 1.165) is 132 Å². The Bertz CT molecular complexity index is 5810. The van der Waals surface area contributed by atoms with Crippen molar-refractivity contribution < 1.29 is 130 Å². The Balaban J connectivity index is 0.000000243. The second kappa shape index (κ2) is 55.2. The van der Waals surface area contributed by atoms with Gasteiger partial charge in [-0.3, -0.25) is 24.7 Å². The fourth-order valence-corrected chi connectivity index (χ4v) is 14.5. The normalized spacial score (nSPS) is 12.1. The summed E-state index contributed by atoms with van der Waals surface area (Å²) < 4.78 is 4.30. The summed E-state index contributed by atoms with van der Waals surface area (Å²) in [6.07, 6.45) is 7.42. The van der Waals surface area contributed by atoms with Crippen molar-refractivity contribution in [3.8, 4) is 89.5 Å². The monoisotopic (exact) mass is 2490 g/mol. The van der Waals surface area contributed by atoms with Crippen molar-refractivity contribution >= 4 is 55.0 Å². The molecule has 0 saturated carbocycles. The van der Waals surface area contributed by atoms with Gasteiger partial charge in [-0.1, -0.05) is 228 Å². The predicted octanol–water partition coefficient (Wildman–Crippen LogP) is 21.5. The summed E-state index contributed by atoms with van der Waals surface area (Å²) in [5.74, 6) is -1.71. The molecule has 18 rings (SSSR count). The van der Waals surface area contributed by atoms with Crippen LogP contribution in [-0.4, -0.2) is 137 Å². The van der Waals surface area contributed by atoms with Gasteiger partial charge in [-0.2, -0.15) is 0 Å². The zero-order valence-corrected chi connectivity index (χ0v) is 84.4. The molecule has 694 valence electrons. The number of carboxylic acid groups (broad SMARTS) is 2. The quantitative estimate of drug-likeness (QED) is 0.0349. The number of carbonyl (C=O) groups is 2. The molecule has 4 radical (unpaired) electrons. The summed E-state index contributed by atoms with van der Waals surface area (Å²) in [6, 6.07) is 102. The molecule has 6 heterocycles. The number of aromatic carboxylic acids is 1. The van der Waals surface area contributed by atoms with Crippen molar-refractivity contribution in [1.29, 1.82) is 0 Å². The number of aromatic nitrogens is 9. The molecule has 20 nitrogen and oxygen atoms in total. The Labute approximate surface area is 832 Å². The minimum Gasteiger partial charge on any atom is -0.480 e. The van der Waals surface area contributed by atoms with Crippen LogP contribution < -0.4 is 5.32 Å². The number of rotatable bonds is 15. The first-order chi connectivity index (χ1) is 61.8. The van der Waals surface area contributed by atoms with Gasteiger partial charge in [-0.05, 0) is 150 Å². The molecule has 1 aliphatic heterocycles. The number of aliphatic hydroxyl groups is 5. The Morgan fingerprint density at radius 1 is 0.383 bits per heavy atom. The number of nitrogens with zero attached hydrogens (tertiary/aromatic N) is 9. The summed E-state index contributed by atoms with van der Waals surface area (Å²) in [5.41, 5.74) is 24.6. The van der Waals surface area contributed by atoms with Crippen LogP contribution in [0.4, 0.5) is 0 Å². The van der Waals surface area contributed by atoms with Gasteiger partial charge in [0.05, 0.1) is 35.0 Å². The molecule has 1 fully saturated rings. The number of aliphatic carboxylic acids is 1. The fourth-order valence-electron chi connectivity index (χ4n) is 14.5. The van der Waals surface area contributed by atoms with Crippen LogP contribution in [0.25, 0.3) is 133 Å².